The molecule has 146 valence electrons. The molecular weight excluding hydrogens is 377 g/mol. The molecule has 4 N–H and O–H groups in total. The van der Waals surface area contributed by atoms with Gasteiger partial charge in [0.05, 0.1) is 23.0 Å². The zero-order valence-corrected chi connectivity index (χ0v) is 15.0. The number of benzene rings is 3. The lowest BCUT2D eigenvalue weighted by atomic mass is 10.1. The van der Waals surface area contributed by atoms with Crippen LogP contribution in [0.15, 0.2) is 71.8 Å². The van der Waals surface area contributed by atoms with Crippen molar-refractivity contribution in [3.63, 3.8) is 0 Å². The Bertz CT molecular complexity index is 1100. The van der Waals surface area contributed by atoms with Crippen molar-refractivity contribution < 1.29 is 24.2 Å². The fourth-order valence-electron chi connectivity index (χ4n) is 2.49. The predicted octanol–water partition coefficient (Wildman–Crippen LogP) is 3.25. The number of nitrogens with one attached hydrogen (secondary N) is 2. The number of phenolic OH excluding ortho intramolecular Hbond substituents is 2. The van der Waals surface area contributed by atoms with Gasteiger partial charge in [-0.1, -0.05) is 24.3 Å². The first-order valence-corrected chi connectivity index (χ1v) is 8.46. The number of carbonyl (C=O) groups excluding carboxylic acids is 2. The molecule has 2 amide bonds. The summed E-state index contributed by atoms with van der Waals surface area (Å²) < 4.78 is 13.8. The zero-order chi connectivity index (χ0) is 20.8. The van der Waals surface area contributed by atoms with Gasteiger partial charge >= 0.3 is 0 Å². The minimum absolute atomic E-state index is 0.108. The van der Waals surface area contributed by atoms with E-state index >= 15 is 0 Å². The molecule has 0 atom stereocenters. The summed E-state index contributed by atoms with van der Waals surface area (Å²) in [5.41, 5.74) is 2.71. The van der Waals surface area contributed by atoms with Gasteiger partial charge in [-0.05, 0) is 36.4 Å². The second kappa shape index (κ2) is 8.66. The van der Waals surface area contributed by atoms with Crippen molar-refractivity contribution in [1.29, 1.82) is 0 Å². The summed E-state index contributed by atoms with van der Waals surface area (Å²) in [5, 5.41) is 25.2. The normalized spacial score (nSPS) is 10.7. The largest absolute Gasteiger partial charge is 0.508 e. The van der Waals surface area contributed by atoms with E-state index in [4.69, 9.17) is 0 Å². The lowest BCUT2D eigenvalue weighted by Crippen LogP contribution is -2.21. The van der Waals surface area contributed by atoms with Gasteiger partial charge < -0.3 is 15.5 Å². The second-order valence-corrected chi connectivity index (χ2v) is 5.92. The van der Waals surface area contributed by atoms with Crippen LogP contribution in [0.25, 0.3) is 0 Å². The van der Waals surface area contributed by atoms with Gasteiger partial charge in [0.1, 0.15) is 17.3 Å². The van der Waals surface area contributed by atoms with Crippen molar-refractivity contribution >= 4 is 23.7 Å². The van der Waals surface area contributed by atoms with E-state index in [1.165, 1.54) is 54.7 Å². The molecule has 0 saturated carbocycles. The number of anilines is 1. The van der Waals surface area contributed by atoms with E-state index in [1.54, 1.807) is 12.1 Å². The number of halogens is 1. The standard InChI is InChI=1S/C21H16FN3O4/c22-17-7-3-1-5-15(17)20(28)24-18-8-4-2-6-16(18)21(29)25-23-12-13-9-10-14(26)11-19(13)27/h1-12,26-27H,(H,24,28)(H,25,29)/b23-12-. The smallest absolute Gasteiger partial charge is 0.273 e. The van der Waals surface area contributed by atoms with E-state index in [1.807, 2.05) is 0 Å². The average molecular weight is 393 g/mol. The lowest BCUT2D eigenvalue weighted by molar-refractivity contribution is 0.0956. The van der Waals surface area contributed by atoms with Crippen LogP contribution in [0.4, 0.5) is 10.1 Å². The van der Waals surface area contributed by atoms with Crippen LogP contribution in [0.5, 0.6) is 11.5 Å². The summed E-state index contributed by atoms with van der Waals surface area (Å²) in [5.74, 6) is -2.31. The lowest BCUT2D eigenvalue weighted by Gasteiger charge is -2.10. The summed E-state index contributed by atoms with van der Waals surface area (Å²) in [7, 11) is 0. The van der Waals surface area contributed by atoms with Crippen molar-refractivity contribution in [3.05, 3.63) is 89.2 Å². The van der Waals surface area contributed by atoms with E-state index in [-0.39, 0.29) is 33.9 Å². The molecule has 0 unspecified atom stereocenters. The van der Waals surface area contributed by atoms with Gasteiger partial charge in [0.25, 0.3) is 11.8 Å². The minimum Gasteiger partial charge on any atom is -0.508 e. The van der Waals surface area contributed by atoms with E-state index in [2.05, 4.69) is 15.8 Å². The molecule has 29 heavy (non-hydrogen) atoms. The van der Waals surface area contributed by atoms with Gasteiger partial charge in [-0.2, -0.15) is 5.10 Å². The molecule has 3 aromatic carbocycles. The molecule has 0 aliphatic heterocycles. The highest BCUT2D eigenvalue weighted by atomic mass is 19.1. The number of carbonyl (C=O) groups is 2. The number of phenols is 2. The van der Waals surface area contributed by atoms with Gasteiger partial charge in [0.15, 0.2) is 0 Å². The maximum atomic E-state index is 13.8. The highest BCUT2D eigenvalue weighted by Crippen LogP contribution is 2.21. The van der Waals surface area contributed by atoms with Crippen LogP contribution < -0.4 is 10.7 Å². The SMILES string of the molecule is O=C(Nc1ccccc1C(=O)N/N=C\c1ccc(O)cc1O)c1ccccc1F. The summed E-state index contributed by atoms with van der Waals surface area (Å²) in [4.78, 5) is 24.7. The molecule has 0 heterocycles. The molecule has 0 aliphatic carbocycles. The van der Waals surface area contributed by atoms with Crippen molar-refractivity contribution in [2.45, 2.75) is 0 Å². The Hall–Kier alpha value is -4.20. The van der Waals surface area contributed by atoms with Gasteiger partial charge in [0.2, 0.25) is 0 Å². The van der Waals surface area contributed by atoms with Crippen LogP contribution in [0.2, 0.25) is 0 Å². The highest BCUT2D eigenvalue weighted by molar-refractivity contribution is 6.09. The van der Waals surface area contributed by atoms with Crippen LogP contribution in [0.3, 0.4) is 0 Å². The molecule has 0 aliphatic rings. The van der Waals surface area contributed by atoms with E-state index < -0.39 is 17.6 Å². The summed E-state index contributed by atoms with van der Waals surface area (Å²) in [6, 6.07) is 15.6. The van der Waals surface area contributed by atoms with E-state index in [0.29, 0.717) is 0 Å². The molecule has 0 aromatic heterocycles. The van der Waals surface area contributed by atoms with Gasteiger partial charge in [0, 0.05) is 11.6 Å². The number of para-hydroxylation sites is 1. The van der Waals surface area contributed by atoms with Crippen molar-refractivity contribution in [2.24, 2.45) is 5.10 Å². The summed E-state index contributed by atoms with van der Waals surface area (Å²) in [6.45, 7) is 0. The molecule has 0 fully saturated rings. The molecule has 3 rings (SSSR count). The van der Waals surface area contributed by atoms with Crippen molar-refractivity contribution in [3.8, 4) is 11.5 Å². The summed E-state index contributed by atoms with van der Waals surface area (Å²) >= 11 is 0. The van der Waals surface area contributed by atoms with Gasteiger partial charge in [-0.15, -0.1) is 0 Å². The number of hydrogen-bond acceptors (Lipinski definition) is 5. The number of nitrogens with zero attached hydrogens (tertiary/aromatic N) is 1. The van der Waals surface area contributed by atoms with Crippen molar-refractivity contribution in [2.75, 3.05) is 5.32 Å². The fourth-order valence-corrected chi connectivity index (χ4v) is 2.49. The highest BCUT2D eigenvalue weighted by Gasteiger charge is 2.15. The Kier molecular flexibility index (Phi) is 5.84. The topological polar surface area (TPSA) is 111 Å². The number of aromatic hydroxyl groups is 2. The zero-order valence-electron chi connectivity index (χ0n) is 15.0. The number of hydrazone groups is 1. The molecule has 0 spiro atoms. The third-order valence-corrected chi connectivity index (χ3v) is 3.92. The second-order valence-electron chi connectivity index (χ2n) is 5.92. The molecule has 7 nitrogen and oxygen atoms in total. The third kappa shape index (κ3) is 4.75. The van der Waals surface area contributed by atoms with Crippen molar-refractivity contribution in [1.82, 2.24) is 5.43 Å². The van der Waals surface area contributed by atoms with E-state index in [9.17, 15) is 24.2 Å². The monoisotopic (exact) mass is 393 g/mol. The molecule has 3 aromatic rings. The van der Waals surface area contributed by atoms with Crippen LogP contribution in [-0.4, -0.2) is 28.2 Å². The quantitative estimate of drug-likeness (QED) is 0.394. The minimum atomic E-state index is -0.694. The Balaban J connectivity index is 1.74. The maximum absolute atomic E-state index is 13.8. The first-order chi connectivity index (χ1) is 14.0. The third-order valence-electron chi connectivity index (χ3n) is 3.92. The molecular formula is C21H16FN3O4. The van der Waals surface area contributed by atoms with Gasteiger partial charge in [-0.3, -0.25) is 9.59 Å². The fraction of sp³-hybridized carbons (Fsp3) is 0. The van der Waals surface area contributed by atoms with Gasteiger partial charge in [-0.25, -0.2) is 9.82 Å². The van der Waals surface area contributed by atoms with Crippen LogP contribution in [0.1, 0.15) is 26.3 Å². The molecule has 0 bridgehead atoms. The molecule has 0 radical (unpaired) electrons. The van der Waals surface area contributed by atoms with Crippen LogP contribution in [-0.2, 0) is 0 Å². The number of rotatable bonds is 5. The average Bonchev–Trinajstić information content (AvgIpc) is 2.70. The Morgan fingerprint density at radius 1 is 0.897 bits per heavy atom. The number of hydrogen-bond donors (Lipinski definition) is 4. The first-order valence-electron chi connectivity index (χ1n) is 8.46. The Morgan fingerprint density at radius 2 is 1.59 bits per heavy atom. The Morgan fingerprint density at radius 3 is 2.31 bits per heavy atom. The maximum Gasteiger partial charge on any atom is 0.273 e. The van der Waals surface area contributed by atoms with Crippen LogP contribution >= 0.6 is 0 Å². The first kappa shape index (κ1) is 19.6. The number of amides is 2. The summed E-state index contributed by atoms with van der Waals surface area (Å²) in [6.07, 6.45) is 1.20. The Labute approximate surface area is 165 Å². The molecule has 0 saturated heterocycles. The molecule has 8 heteroatoms. The predicted molar refractivity (Wildman–Crippen MR) is 106 cm³/mol. The van der Waals surface area contributed by atoms with Crippen LogP contribution in [0, 0.1) is 5.82 Å². The van der Waals surface area contributed by atoms with E-state index in [0.717, 1.165) is 6.07 Å².